The predicted molar refractivity (Wildman–Crippen MR) is 281 cm³/mol. The van der Waals surface area contributed by atoms with Crippen LogP contribution in [0.5, 0.6) is 0 Å². The summed E-state index contributed by atoms with van der Waals surface area (Å²) >= 11 is 0. The highest BCUT2D eigenvalue weighted by Gasteiger charge is 2.17. The molecule has 0 spiro atoms. The van der Waals surface area contributed by atoms with Gasteiger partial charge in [0.05, 0.1) is 11.0 Å². The molecule has 11 aromatic rings. The molecule has 0 saturated heterocycles. The van der Waals surface area contributed by atoms with E-state index >= 15 is 0 Å². The van der Waals surface area contributed by atoms with E-state index in [0.29, 0.717) is 5.92 Å². The number of aromatic nitrogens is 1. The Kier molecular flexibility index (Phi) is 10.9. The van der Waals surface area contributed by atoms with Gasteiger partial charge in [-0.2, -0.15) is 0 Å². The van der Waals surface area contributed by atoms with E-state index in [9.17, 15) is 0 Å². The fourth-order valence-electron chi connectivity index (χ4n) is 9.45. The molecule has 1 unspecified atom stereocenters. The molecule has 1 heterocycles. The van der Waals surface area contributed by atoms with Crippen molar-refractivity contribution in [2.24, 2.45) is 0 Å². The van der Waals surface area contributed by atoms with E-state index in [0.717, 1.165) is 29.2 Å². The van der Waals surface area contributed by atoms with Crippen LogP contribution in [-0.2, 0) is 0 Å². The summed E-state index contributed by atoms with van der Waals surface area (Å²) < 4.78 is 2.40. The molecule has 0 N–H and O–H groups in total. The molecule has 0 fully saturated rings. The molecule has 11 rings (SSSR count). The second-order valence-electron chi connectivity index (χ2n) is 17.4. The first kappa shape index (κ1) is 40.6. The van der Waals surface area contributed by atoms with Crippen LogP contribution in [0.15, 0.2) is 249 Å². The standard InChI is InChI=1S/C64H50N2/c1-3-45(2)46-19-21-53(22-20-46)55-33-41-63-61(43-55)62-44-56(34-42-64(62)66(63)57-17-11-6-12-18-57)54-25-23-49(24-26-54)52-31-39-60(40-32-52)65(58-35-27-50(28-36-58)47-13-7-4-8-14-47)59-37-29-51(30-38-59)48-15-9-5-10-16-48/h4-45H,3H2,1-2H3. The highest BCUT2D eigenvalue weighted by molar-refractivity contribution is 6.11. The largest absolute Gasteiger partial charge is 0.311 e. The number of para-hydroxylation sites is 1. The molecule has 0 bridgehead atoms. The number of benzene rings is 10. The molecule has 10 aromatic carbocycles. The third kappa shape index (κ3) is 7.88. The Labute approximate surface area is 388 Å². The zero-order valence-corrected chi connectivity index (χ0v) is 37.4. The minimum Gasteiger partial charge on any atom is -0.311 e. The fraction of sp³-hybridized carbons (Fsp3) is 0.0625. The number of hydrogen-bond donors (Lipinski definition) is 0. The normalized spacial score (nSPS) is 11.8. The minimum atomic E-state index is 0.555. The average molecular weight is 847 g/mol. The second kappa shape index (κ2) is 17.8. The quantitative estimate of drug-likeness (QED) is 0.126. The lowest BCUT2D eigenvalue weighted by Crippen LogP contribution is -2.09. The summed E-state index contributed by atoms with van der Waals surface area (Å²) in [5, 5.41) is 2.50. The van der Waals surface area contributed by atoms with Gasteiger partial charge in [0.25, 0.3) is 0 Å². The monoisotopic (exact) mass is 846 g/mol. The zero-order chi connectivity index (χ0) is 44.4. The van der Waals surface area contributed by atoms with Gasteiger partial charge < -0.3 is 9.47 Å². The van der Waals surface area contributed by atoms with Gasteiger partial charge in [-0.05, 0) is 146 Å². The number of hydrogen-bond acceptors (Lipinski definition) is 1. The predicted octanol–water partition coefficient (Wildman–Crippen LogP) is 18.1. The van der Waals surface area contributed by atoms with Crippen molar-refractivity contribution in [2.45, 2.75) is 26.2 Å². The molecule has 0 saturated carbocycles. The van der Waals surface area contributed by atoms with Crippen LogP contribution >= 0.6 is 0 Å². The first-order valence-corrected chi connectivity index (χ1v) is 23.1. The van der Waals surface area contributed by atoms with Crippen molar-refractivity contribution < 1.29 is 0 Å². The van der Waals surface area contributed by atoms with E-state index < -0.39 is 0 Å². The van der Waals surface area contributed by atoms with E-state index in [4.69, 9.17) is 0 Å². The van der Waals surface area contributed by atoms with Gasteiger partial charge in [-0.25, -0.2) is 0 Å². The van der Waals surface area contributed by atoms with Crippen LogP contribution in [0.2, 0.25) is 0 Å². The molecule has 0 aliphatic rings. The van der Waals surface area contributed by atoms with E-state index in [1.54, 1.807) is 0 Å². The first-order chi connectivity index (χ1) is 32.6. The number of anilines is 3. The maximum atomic E-state index is 2.40. The van der Waals surface area contributed by atoms with E-state index in [1.165, 1.54) is 83.0 Å². The van der Waals surface area contributed by atoms with Crippen LogP contribution in [0.1, 0.15) is 31.7 Å². The average Bonchev–Trinajstić information content (AvgIpc) is 3.73. The lowest BCUT2D eigenvalue weighted by atomic mass is 9.95. The summed E-state index contributed by atoms with van der Waals surface area (Å²) in [5.41, 5.74) is 20.3. The molecular formula is C64H50N2. The summed E-state index contributed by atoms with van der Waals surface area (Å²) in [4.78, 5) is 2.34. The summed E-state index contributed by atoms with van der Waals surface area (Å²) in [6, 6.07) is 90.7. The molecule has 316 valence electrons. The van der Waals surface area contributed by atoms with Gasteiger partial charge >= 0.3 is 0 Å². The molecule has 2 heteroatoms. The highest BCUT2D eigenvalue weighted by Crippen LogP contribution is 2.40. The van der Waals surface area contributed by atoms with E-state index in [1.807, 2.05) is 0 Å². The molecule has 2 nitrogen and oxygen atoms in total. The van der Waals surface area contributed by atoms with Gasteiger partial charge in [0.2, 0.25) is 0 Å². The zero-order valence-electron chi connectivity index (χ0n) is 37.4. The Morgan fingerprint density at radius 3 is 1.02 bits per heavy atom. The Bertz CT molecular complexity index is 3310. The van der Waals surface area contributed by atoms with Crippen molar-refractivity contribution in [1.29, 1.82) is 0 Å². The second-order valence-corrected chi connectivity index (χ2v) is 17.4. The topological polar surface area (TPSA) is 8.17 Å². The van der Waals surface area contributed by atoms with Gasteiger partial charge in [0, 0.05) is 33.5 Å². The smallest absolute Gasteiger partial charge is 0.0541 e. The van der Waals surface area contributed by atoms with Gasteiger partial charge in [-0.3, -0.25) is 0 Å². The van der Waals surface area contributed by atoms with Crippen molar-refractivity contribution in [2.75, 3.05) is 4.90 Å². The SMILES string of the molecule is CCC(C)c1ccc(-c2ccc3c(c2)c2cc(-c4ccc(-c5ccc(N(c6ccc(-c7ccccc7)cc6)c6ccc(-c7ccccc7)cc6)cc5)cc4)ccc2n3-c2ccccc2)cc1. The summed E-state index contributed by atoms with van der Waals surface area (Å²) in [7, 11) is 0. The highest BCUT2D eigenvalue weighted by atomic mass is 15.1. The van der Waals surface area contributed by atoms with Crippen LogP contribution in [0.3, 0.4) is 0 Å². The Morgan fingerprint density at radius 2 is 0.636 bits per heavy atom. The van der Waals surface area contributed by atoms with Gasteiger partial charge in [-0.15, -0.1) is 0 Å². The molecule has 1 aromatic heterocycles. The molecule has 0 radical (unpaired) electrons. The van der Waals surface area contributed by atoms with Gasteiger partial charge in [-0.1, -0.05) is 190 Å². The third-order valence-electron chi connectivity index (χ3n) is 13.3. The summed E-state index contributed by atoms with van der Waals surface area (Å²) in [6.07, 6.45) is 1.14. The Hall–Kier alpha value is -8.20. The van der Waals surface area contributed by atoms with Crippen molar-refractivity contribution in [3.8, 4) is 61.3 Å². The fourth-order valence-corrected chi connectivity index (χ4v) is 9.45. The Morgan fingerprint density at radius 1 is 0.333 bits per heavy atom. The Balaban J connectivity index is 0.911. The van der Waals surface area contributed by atoms with Crippen LogP contribution in [0, 0.1) is 0 Å². The lowest BCUT2D eigenvalue weighted by Gasteiger charge is -2.26. The molecule has 0 aliphatic carbocycles. The minimum absolute atomic E-state index is 0.555. The van der Waals surface area contributed by atoms with Crippen LogP contribution in [0.25, 0.3) is 83.1 Å². The van der Waals surface area contributed by atoms with Crippen molar-refractivity contribution in [3.05, 3.63) is 254 Å². The van der Waals surface area contributed by atoms with Crippen LogP contribution in [0.4, 0.5) is 17.1 Å². The van der Waals surface area contributed by atoms with Crippen LogP contribution < -0.4 is 4.90 Å². The van der Waals surface area contributed by atoms with Crippen LogP contribution in [-0.4, -0.2) is 4.57 Å². The van der Waals surface area contributed by atoms with Gasteiger partial charge in [0.1, 0.15) is 0 Å². The first-order valence-electron chi connectivity index (χ1n) is 23.1. The summed E-state index contributed by atoms with van der Waals surface area (Å²) in [5.74, 6) is 0.555. The summed E-state index contributed by atoms with van der Waals surface area (Å²) in [6.45, 7) is 4.56. The van der Waals surface area contributed by atoms with Crippen molar-refractivity contribution in [3.63, 3.8) is 0 Å². The number of fused-ring (bicyclic) bond motifs is 3. The van der Waals surface area contributed by atoms with Crippen molar-refractivity contribution in [1.82, 2.24) is 4.57 Å². The number of nitrogens with zero attached hydrogens (tertiary/aromatic N) is 2. The molecule has 66 heavy (non-hydrogen) atoms. The van der Waals surface area contributed by atoms with Crippen molar-refractivity contribution >= 4 is 38.9 Å². The maximum absolute atomic E-state index is 2.40. The molecular weight excluding hydrogens is 797 g/mol. The van der Waals surface area contributed by atoms with Gasteiger partial charge in [0.15, 0.2) is 0 Å². The molecule has 1 atom stereocenters. The van der Waals surface area contributed by atoms with E-state index in [-0.39, 0.29) is 0 Å². The lowest BCUT2D eigenvalue weighted by molar-refractivity contribution is 0.734. The third-order valence-corrected chi connectivity index (χ3v) is 13.3. The molecule has 0 aliphatic heterocycles. The maximum Gasteiger partial charge on any atom is 0.0541 e. The molecule has 0 amide bonds. The van der Waals surface area contributed by atoms with E-state index in [2.05, 4.69) is 272 Å². The number of rotatable bonds is 11.